The van der Waals surface area contributed by atoms with E-state index >= 15 is 0 Å². The third-order valence-electron chi connectivity index (χ3n) is 1.75. The van der Waals surface area contributed by atoms with E-state index in [9.17, 15) is 0 Å². The van der Waals surface area contributed by atoms with Crippen LogP contribution in [0.1, 0.15) is 13.8 Å². The molecule has 0 aliphatic heterocycles. The summed E-state index contributed by atoms with van der Waals surface area (Å²) >= 11 is 0. The summed E-state index contributed by atoms with van der Waals surface area (Å²) in [6, 6.07) is 4.18. The van der Waals surface area contributed by atoms with Crippen molar-refractivity contribution in [3.63, 3.8) is 0 Å². The Morgan fingerprint density at radius 1 is 1.62 bits per heavy atom. The zero-order valence-electron chi connectivity index (χ0n) is 7.94. The first-order valence-electron chi connectivity index (χ1n) is 4.35. The highest BCUT2D eigenvalue weighted by molar-refractivity contribution is 4.87. The second-order valence-corrected chi connectivity index (χ2v) is 3.15. The van der Waals surface area contributed by atoms with E-state index in [0.717, 1.165) is 6.54 Å². The van der Waals surface area contributed by atoms with Crippen LogP contribution in [0.3, 0.4) is 0 Å². The SMILES string of the molecule is CC(C#N)NC(C)Cn1cccn1. The maximum Gasteiger partial charge on any atom is 0.0927 e. The third-order valence-corrected chi connectivity index (χ3v) is 1.75. The highest BCUT2D eigenvalue weighted by Gasteiger charge is 2.06. The number of nitrogens with zero attached hydrogens (tertiary/aromatic N) is 3. The van der Waals surface area contributed by atoms with E-state index in [1.54, 1.807) is 6.20 Å². The van der Waals surface area contributed by atoms with Gasteiger partial charge < -0.3 is 0 Å². The van der Waals surface area contributed by atoms with E-state index in [0.29, 0.717) is 0 Å². The van der Waals surface area contributed by atoms with Crippen LogP contribution in [0, 0.1) is 11.3 Å². The van der Waals surface area contributed by atoms with Crippen molar-refractivity contribution in [3.8, 4) is 6.07 Å². The van der Waals surface area contributed by atoms with Gasteiger partial charge in [0.05, 0.1) is 18.7 Å². The lowest BCUT2D eigenvalue weighted by Crippen LogP contribution is -2.36. The molecule has 0 aliphatic rings. The Hall–Kier alpha value is -1.34. The predicted molar refractivity (Wildman–Crippen MR) is 49.9 cm³/mol. The van der Waals surface area contributed by atoms with Crippen LogP contribution in [-0.2, 0) is 6.54 Å². The van der Waals surface area contributed by atoms with Crippen LogP contribution < -0.4 is 5.32 Å². The Kier molecular flexibility index (Phi) is 3.47. The maximum atomic E-state index is 8.57. The van der Waals surface area contributed by atoms with Crippen molar-refractivity contribution in [1.82, 2.24) is 15.1 Å². The van der Waals surface area contributed by atoms with Gasteiger partial charge in [-0.25, -0.2) is 0 Å². The molecular formula is C9H14N4. The van der Waals surface area contributed by atoms with Crippen molar-refractivity contribution in [1.29, 1.82) is 5.26 Å². The van der Waals surface area contributed by atoms with Crippen LogP contribution in [0.25, 0.3) is 0 Å². The van der Waals surface area contributed by atoms with E-state index in [2.05, 4.69) is 16.5 Å². The smallest absolute Gasteiger partial charge is 0.0927 e. The molecule has 1 aromatic rings. The Morgan fingerprint density at radius 2 is 2.38 bits per heavy atom. The first kappa shape index (κ1) is 9.75. The van der Waals surface area contributed by atoms with Crippen LogP contribution in [0.15, 0.2) is 18.5 Å². The molecule has 13 heavy (non-hydrogen) atoms. The molecule has 0 spiro atoms. The summed E-state index contributed by atoms with van der Waals surface area (Å²) in [6.07, 6.45) is 3.66. The topological polar surface area (TPSA) is 53.6 Å². The van der Waals surface area contributed by atoms with Crippen molar-refractivity contribution in [2.24, 2.45) is 0 Å². The molecule has 1 rings (SSSR count). The van der Waals surface area contributed by atoms with Gasteiger partial charge in [-0.3, -0.25) is 10.00 Å². The van der Waals surface area contributed by atoms with Crippen LogP contribution in [0.2, 0.25) is 0 Å². The quantitative estimate of drug-likeness (QED) is 0.741. The van der Waals surface area contributed by atoms with Gasteiger partial charge in [-0.05, 0) is 19.9 Å². The first-order valence-corrected chi connectivity index (χ1v) is 4.35. The van der Waals surface area contributed by atoms with Crippen molar-refractivity contribution in [3.05, 3.63) is 18.5 Å². The molecule has 0 bridgehead atoms. The number of hydrogen-bond acceptors (Lipinski definition) is 3. The molecular weight excluding hydrogens is 164 g/mol. The number of nitriles is 1. The first-order chi connectivity index (χ1) is 6.22. The van der Waals surface area contributed by atoms with Gasteiger partial charge in [0.25, 0.3) is 0 Å². The number of nitrogens with one attached hydrogen (secondary N) is 1. The fraction of sp³-hybridized carbons (Fsp3) is 0.556. The molecule has 0 radical (unpaired) electrons. The molecule has 4 heteroatoms. The second kappa shape index (κ2) is 4.63. The molecule has 70 valence electrons. The number of aromatic nitrogens is 2. The number of rotatable bonds is 4. The fourth-order valence-electron chi connectivity index (χ4n) is 1.21. The van der Waals surface area contributed by atoms with Crippen molar-refractivity contribution in [2.45, 2.75) is 32.5 Å². The van der Waals surface area contributed by atoms with Crippen molar-refractivity contribution >= 4 is 0 Å². The highest BCUT2D eigenvalue weighted by atomic mass is 15.3. The Labute approximate surface area is 78.2 Å². The van der Waals surface area contributed by atoms with Crippen molar-refractivity contribution < 1.29 is 0 Å². The summed E-state index contributed by atoms with van der Waals surface area (Å²) in [5, 5.41) is 15.8. The van der Waals surface area contributed by atoms with Crippen LogP contribution in [0.5, 0.6) is 0 Å². The average Bonchev–Trinajstić information content (AvgIpc) is 2.56. The third kappa shape index (κ3) is 3.26. The fourth-order valence-corrected chi connectivity index (χ4v) is 1.21. The van der Waals surface area contributed by atoms with E-state index < -0.39 is 0 Å². The van der Waals surface area contributed by atoms with Gasteiger partial charge in [0.2, 0.25) is 0 Å². The summed E-state index contributed by atoms with van der Waals surface area (Å²) in [6.45, 7) is 4.67. The minimum absolute atomic E-state index is 0.106. The summed E-state index contributed by atoms with van der Waals surface area (Å²) in [5.74, 6) is 0. The molecule has 0 amide bonds. The van der Waals surface area contributed by atoms with E-state index in [1.165, 1.54) is 0 Å². The summed E-state index contributed by atoms with van der Waals surface area (Å²) in [5.41, 5.74) is 0. The monoisotopic (exact) mass is 178 g/mol. The summed E-state index contributed by atoms with van der Waals surface area (Å²) < 4.78 is 1.85. The highest BCUT2D eigenvalue weighted by Crippen LogP contribution is 1.92. The lowest BCUT2D eigenvalue weighted by Gasteiger charge is -2.14. The largest absolute Gasteiger partial charge is 0.298 e. The zero-order valence-corrected chi connectivity index (χ0v) is 7.94. The Morgan fingerprint density at radius 3 is 2.92 bits per heavy atom. The standard InChI is InChI=1S/C9H14N4/c1-8(6-10)12-9(2)7-13-5-3-4-11-13/h3-5,8-9,12H,7H2,1-2H3. The van der Waals surface area contributed by atoms with Gasteiger partial charge in [-0.2, -0.15) is 10.4 Å². The van der Waals surface area contributed by atoms with Gasteiger partial charge in [0, 0.05) is 18.4 Å². The van der Waals surface area contributed by atoms with Crippen LogP contribution in [0.4, 0.5) is 0 Å². The molecule has 0 aromatic carbocycles. The Bertz CT molecular complexity index is 272. The van der Waals surface area contributed by atoms with Gasteiger partial charge in [0.1, 0.15) is 0 Å². The molecule has 1 heterocycles. The van der Waals surface area contributed by atoms with Gasteiger partial charge in [-0.15, -0.1) is 0 Å². The molecule has 1 N–H and O–H groups in total. The molecule has 4 nitrogen and oxygen atoms in total. The molecule has 0 fully saturated rings. The van der Waals surface area contributed by atoms with Gasteiger partial charge in [-0.1, -0.05) is 0 Å². The van der Waals surface area contributed by atoms with Crippen LogP contribution in [-0.4, -0.2) is 21.9 Å². The van der Waals surface area contributed by atoms with E-state index in [1.807, 2.05) is 30.8 Å². The second-order valence-electron chi connectivity index (χ2n) is 3.15. The molecule has 0 saturated heterocycles. The zero-order chi connectivity index (χ0) is 9.68. The lowest BCUT2D eigenvalue weighted by atomic mass is 10.3. The number of hydrogen-bond donors (Lipinski definition) is 1. The van der Waals surface area contributed by atoms with Gasteiger partial charge in [0.15, 0.2) is 0 Å². The van der Waals surface area contributed by atoms with E-state index in [4.69, 9.17) is 5.26 Å². The lowest BCUT2D eigenvalue weighted by molar-refractivity contribution is 0.437. The maximum absolute atomic E-state index is 8.57. The minimum Gasteiger partial charge on any atom is -0.298 e. The Balaban J connectivity index is 2.34. The summed E-state index contributed by atoms with van der Waals surface area (Å²) in [4.78, 5) is 0. The normalized spacial score (nSPS) is 14.8. The molecule has 0 aliphatic carbocycles. The summed E-state index contributed by atoms with van der Waals surface area (Å²) in [7, 11) is 0. The van der Waals surface area contributed by atoms with Gasteiger partial charge >= 0.3 is 0 Å². The predicted octanol–water partition coefficient (Wildman–Crippen LogP) is 0.773. The van der Waals surface area contributed by atoms with Crippen molar-refractivity contribution in [2.75, 3.05) is 0 Å². The minimum atomic E-state index is -0.106. The van der Waals surface area contributed by atoms with E-state index in [-0.39, 0.29) is 12.1 Å². The van der Waals surface area contributed by atoms with Crippen LogP contribution >= 0.6 is 0 Å². The molecule has 0 saturated carbocycles. The molecule has 2 unspecified atom stereocenters. The molecule has 1 aromatic heterocycles. The average molecular weight is 178 g/mol. The molecule has 2 atom stereocenters.